The highest BCUT2D eigenvalue weighted by Gasteiger charge is 2.67. The van der Waals surface area contributed by atoms with E-state index in [0.29, 0.717) is 19.3 Å². The third kappa shape index (κ3) is 7.82. The van der Waals surface area contributed by atoms with E-state index < -0.39 is 75.9 Å². The van der Waals surface area contributed by atoms with E-state index in [2.05, 4.69) is 15.0 Å². The van der Waals surface area contributed by atoms with E-state index in [1.54, 1.807) is 13.0 Å². The zero-order valence-electron chi connectivity index (χ0n) is 26.8. The lowest BCUT2D eigenvalue weighted by Crippen LogP contribution is -2.59. The van der Waals surface area contributed by atoms with Crippen molar-refractivity contribution in [2.45, 2.75) is 76.9 Å². The first-order valence-corrected chi connectivity index (χ1v) is 16.0. The minimum atomic E-state index is -1.77. The molecule has 0 aromatic heterocycles. The molecule has 0 aliphatic heterocycles. The molecule has 4 rings (SSSR count). The van der Waals surface area contributed by atoms with Crippen LogP contribution in [0.25, 0.3) is 0 Å². The van der Waals surface area contributed by atoms with Crippen molar-refractivity contribution in [1.82, 2.24) is 5.32 Å². The molecule has 17 heteroatoms. The number of ether oxygens (including phenoxy) is 2. The summed E-state index contributed by atoms with van der Waals surface area (Å²) >= 11 is 0. The van der Waals surface area contributed by atoms with Gasteiger partial charge in [-0.25, -0.2) is 0 Å². The molecule has 17 nitrogen and oxygen atoms in total. The van der Waals surface area contributed by atoms with E-state index in [1.165, 1.54) is 6.08 Å². The van der Waals surface area contributed by atoms with Gasteiger partial charge in [0.2, 0.25) is 11.7 Å². The van der Waals surface area contributed by atoms with Gasteiger partial charge < -0.3 is 29.6 Å². The number of amides is 1. The molecule has 264 valence electrons. The van der Waals surface area contributed by atoms with Crippen LogP contribution in [0.1, 0.15) is 65.2 Å². The van der Waals surface area contributed by atoms with Gasteiger partial charge in [0.1, 0.15) is 6.54 Å². The minimum Gasteiger partial charge on any atom is -0.456 e. The Balaban J connectivity index is 1.49. The van der Waals surface area contributed by atoms with Gasteiger partial charge in [0, 0.05) is 36.0 Å². The number of aliphatic hydroxyl groups excluding tert-OH is 1. The van der Waals surface area contributed by atoms with Gasteiger partial charge >= 0.3 is 11.9 Å². The van der Waals surface area contributed by atoms with Gasteiger partial charge in [-0.3, -0.25) is 24.0 Å². The second-order valence-corrected chi connectivity index (χ2v) is 13.1. The average molecular weight is 680 g/mol. The van der Waals surface area contributed by atoms with Gasteiger partial charge in [-0.15, -0.1) is 20.2 Å². The summed E-state index contributed by atoms with van der Waals surface area (Å²) in [4.78, 5) is 93.0. The van der Waals surface area contributed by atoms with Crippen molar-refractivity contribution in [1.29, 1.82) is 0 Å². The molecule has 4 aliphatic rings. The second-order valence-electron chi connectivity index (χ2n) is 13.1. The maximum atomic E-state index is 14.1. The average Bonchev–Trinajstić information content (AvgIpc) is 3.30. The monoisotopic (exact) mass is 679 g/mol. The first-order chi connectivity index (χ1) is 22.7. The molecule has 7 unspecified atom stereocenters. The zero-order valence-corrected chi connectivity index (χ0v) is 26.8. The third-order valence-electron chi connectivity index (χ3n) is 10.4. The van der Waals surface area contributed by atoms with E-state index in [4.69, 9.17) is 9.47 Å². The smallest absolute Gasteiger partial charge is 0.325 e. The van der Waals surface area contributed by atoms with Gasteiger partial charge in [0.25, 0.3) is 10.2 Å². The van der Waals surface area contributed by atoms with Gasteiger partial charge in [-0.1, -0.05) is 25.5 Å². The number of hydrogen-bond acceptors (Lipinski definition) is 14. The fraction of sp³-hybridized carbons (Fsp3) is 0.710. The summed E-state index contributed by atoms with van der Waals surface area (Å²) in [7, 11) is 0. The standard InChI is InChI=1S/C31H41N3O14/c1-18-13-22-21-8-7-19-14-20(35)9-10-30(19,2)29(21)24(36)15-23(22)31(18,48-27(39)6-4-12-47-34(43)44)25(37)17-45-28(40)16-32-26(38)5-3-11-46-33(41)42/h9-10,14,18,21-24,29,36H,3-8,11-13,15-17H2,1-2H3,(H,32,38)/t18?,21?,22?,23?,24?,29?,30?,31-/m1/s1. The Kier molecular flexibility index (Phi) is 11.5. The molecule has 0 aromatic rings. The summed E-state index contributed by atoms with van der Waals surface area (Å²) in [6, 6.07) is 0. The highest BCUT2D eigenvalue weighted by atomic mass is 17.0. The largest absolute Gasteiger partial charge is 0.456 e. The summed E-state index contributed by atoms with van der Waals surface area (Å²) in [6.07, 6.45) is 5.49. The summed E-state index contributed by atoms with van der Waals surface area (Å²) in [5, 5.41) is 32.7. The van der Waals surface area contributed by atoms with Crippen LogP contribution in [0.5, 0.6) is 0 Å². The fourth-order valence-electron chi connectivity index (χ4n) is 8.43. The number of carbonyl (C=O) groups is 5. The lowest BCUT2D eigenvalue weighted by molar-refractivity contribution is -0.757. The lowest BCUT2D eigenvalue weighted by Gasteiger charge is -2.56. The number of allylic oxidation sites excluding steroid dienone is 4. The number of carbonyl (C=O) groups excluding carboxylic acids is 5. The predicted molar refractivity (Wildman–Crippen MR) is 160 cm³/mol. The molecule has 3 fully saturated rings. The van der Waals surface area contributed by atoms with Crippen molar-refractivity contribution >= 4 is 29.4 Å². The number of ketones is 2. The minimum absolute atomic E-state index is 0.0334. The summed E-state index contributed by atoms with van der Waals surface area (Å²) in [5.41, 5.74) is -1.38. The van der Waals surface area contributed by atoms with Crippen LogP contribution in [0.15, 0.2) is 23.8 Å². The molecule has 2 N–H and O–H groups in total. The van der Waals surface area contributed by atoms with E-state index in [0.717, 1.165) is 5.57 Å². The molecule has 48 heavy (non-hydrogen) atoms. The Labute approximate surface area is 275 Å². The Hall–Kier alpha value is -4.41. The van der Waals surface area contributed by atoms with E-state index in [1.807, 2.05) is 13.0 Å². The van der Waals surface area contributed by atoms with E-state index >= 15 is 0 Å². The second kappa shape index (κ2) is 15.2. The van der Waals surface area contributed by atoms with Crippen molar-refractivity contribution in [2.75, 3.05) is 26.4 Å². The number of nitrogens with one attached hydrogen (secondary N) is 1. The van der Waals surface area contributed by atoms with Crippen LogP contribution in [0.4, 0.5) is 0 Å². The molecule has 0 aromatic carbocycles. The molecule has 0 radical (unpaired) electrons. The van der Waals surface area contributed by atoms with E-state index in [9.17, 15) is 49.3 Å². The Morgan fingerprint density at radius 3 is 2.35 bits per heavy atom. The quantitative estimate of drug-likeness (QED) is 0.102. The summed E-state index contributed by atoms with van der Waals surface area (Å²) in [6.45, 7) is 1.75. The fourth-order valence-corrected chi connectivity index (χ4v) is 8.43. The summed E-state index contributed by atoms with van der Waals surface area (Å²) in [5.74, 6) is -4.76. The molecular formula is C31H41N3O14. The highest BCUT2D eigenvalue weighted by Crippen LogP contribution is 2.64. The van der Waals surface area contributed by atoms with Crippen molar-refractivity contribution < 1.29 is 58.4 Å². The molecule has 1 amide bonds. The number of hydrogen-bond donors (Lipinski definition) is 2. The predicted octanol–water partition coefficient (Wildman–Crippen LogP) is 1.61. The Morgan fingerprint density at radius 2 is 1.69 bits per heavy atom. The van der Waals surface area contributed by atoms with Crippen LogP contribution in [0.2, 0.25) is 0 Å². The molecule has 3 saturated carbocycles. The van der Waals surface area contributed by atoms with Gasteiger partial charge in [0.05, 0.1) is 19.3 Å². The maximum Gasteiger partial charge on any atom is 0.325 e. The number of nitrogens with zero attached hydrogens (tertiary/aromatic N) is 2. The molecular weight excluding hydrogens is 638 g/mol. The van der Waals surface area contributed by atoms with Gasteiger partial charge in [-0.05, 0) is 62.5 Å². The normalized spacial score (nSPS) is 31.6. The van der Waals surface area contributed by atoms with Crippen molar-refractivity contribution in [2.24, 2.45) is 35.0 Å². The van der Waals surface area contributed by atoms with Crippen LogP contribution < -0.4 is 5.32 Å². The first kappa shape index (κ1) is 36.4. The molecule has 8 atom stereocenters. The van der Waals surface area contributed by atoms with E-state index in [-0.39, 0.29) is 68.9 Å². The number of rotatable bonds is 16. The highest BCUT2D eigenvalue weighted by molar-refractivity contribution is 6.01. The first-order valence-electron chi connectivity index (χ1n) is 16.0. The Morgan fingerprint density at radius 1 is 1.02 bits per heavy atom. The third-order valence-corrected chi connectivity index (χ3v) is 10.4. The van der Waals surface area contributed by atoms with Crippen molar-refractivity contribution in [3.05, 3.63) is 44.0 Å². The molecule has 0 bridgehead atoms. The maximum absolute atomic E-state index is 14.1. The number of esters is 2. The van der Waals surface area contributed by atoms with Crippen LogP contribution in [0.3, 0.4) is 0 Å². The summed E-state index contributed by atoms with van der Waals surface area (Å²) < 4.78 is 11.2. The molecule has 0 spiro atoms. The zero-order chi connectivity index (χ0) is 35.2. The number of Topliss-reactive ketones (excluding diaryl/α,β-unsaturated/α-hetero) is 1. The Bertz CT molecular complexity index is 1380. The van der Waals surface area contributed by atoms with Crippen LogP contribution in [-0.2, 0) is 43.1 Å². The molecule has 4 aliphatic carbocycles. The van der Waals surface area contributed by atoms with Crippen LogP contribution in [-0.4, -0.2) is 82.8 Å². The molecule has 0 saturated heterocycles. The molecule has 0 heterocycles. The number of fused-ring (bicyclic) bond motifs is 5. The van der Waals surface area contributed by atoms with Gasteiger partial charge in [0.15, 0.2) is 18.0 Å². The SMILES string of the molecule is CC1CC2C3CCC4=CC(=O)C=CC4(C)C3C(O)CC2[C@@]1(OC(=O)CCCO[N+](=O)[O-])C(=O)COC(=O)CNC(=O)CCCO[N+](=O)[O-]. The number of aliphatic hydroxyl groups is 1. The lowest BCUT2D eigenvalue weighted by atomic mass is 9.49. The van der Waals surface area contributed by atoms with Crippen LogP contribution in [0, 0.1) is 55.2 Å². The van der Waals surface area contributed by atoms with Crippen LogP contribution >= 0.6 is 0 Å². The van der Waals surface area contributed by atoms with Crippen molar-refractivity contribution in [3.63, 3.8) is 0 Å². The van der Waals surface area contributed by atoms with Gasteiger partial charge in [-0.2, -0.15) is 0 Å². The van der Waals surface area contributed by atoms with Crippen molar-refractivity contribution in [3.8, 4) is 0 Å². The topological polar surface area (TPSA) is 241 Å².